The van der Waals surface area contributed by atoms with E-state index in [1.54, 1.807) is 29.2 Å². The minimum atomic E-state index is -1.04. The van der Waals surface area contributed by atoms with Gasteiger partial charge < -0.3 is 14.7 Å². The number of carbonyl (C=O) groups is 2. The van der Waals surface area contributed by atoms with E-state index in [1.807, 2.05) is 18.2 Å². The standard InChI is InChI=1S/C29H30N2O4/c1-2-3-4-22-5-11-25(12-6-22)26-13-7-23(8-14-26)19-31(28(32)17-18-30)20-24-9-15-27(16-10-24)35-21-29(33)34/h5-16H,2-4,17,19-21H2,1H3,(H,33,34). The molecule has 3 aromatic carbocycles. The lowest BCUT2D eigenvalue weighted by atomic mass is 10.0. The highest BCUT2D eigenvalue weighted by atomic mass is 16.5. The van der Waals surface area contributed by atoms with Crippen LogP contribution >= 0.6 is 0 Å². The largest absolute Gasteiger partial charge is 0.482 e. The Balaban J connectivity index is 1.67. The molecule has 0 heterocycles. The molecule has 0 aliphatic carbocycles. The molecule has 6 nitrogen and oxygen atoms in total. The van der Waals surface area contributed by atoms with Gasteiger partial charge in [0.05, 0.1) is 6.07 Å². The first-order valence-electron chi connectivity index (χ1n) is 11.7. The summed E-state index contributed by atoms with van der Waals surface area (Å²) in [5.74, 6) is -0.845. The molecule has 6 heteroatoms. The first-order chi connectivity index (χ1) is 17.0. The number of nitrogens with zero attached hydrogens (tertiary/aromatic N) is 2. The molecule has 0 aliphatic rings. The van der Waals surface area contributed by atoms with Crippen molar-refractivity contribution in [2.75, 3.05) is 6.61 Å². The minimum Gasteiger partial charge on any atom is -0.482 e. The molecule has 0 saturated carbocycles. The van der Waals surface area contributed by atoms with Gasteiger partial charge in [-0.05, 0) is 52.8 Å². The van der Waals surface area contributed by atoms with Crippen LogP contribution in [-0.4, -0.2) is 28.5 Å². The zero-order valence-electron chi connectivity index (χ0n) is 19.9. The number of aliphatic carboxylic acids is 1. The maximum absolute atomic E-state index is 12.6. The molecule has 0 radical (unpaired) electrons. The van der Waals surface area contributed by atoms with E-state index in [2.05, 4.69) is 43.3 Å². The van der Waals surface area contributed by atoms with Crippen molar-refractivity contribution in [2.24, 2.45) is 0 Å². The lowest BCUT2D eigenvalue weighted by molar-refractivity contribution is -0.139. The number of carbonyl (C=O) groups excluding carboxylic acids is 1. The number of carboxylic acids is 1. The summed E-state index contributed by atoms with van der Waals surface area (Å²) in [5, 5.41) is 17.8. The molecule has 1 amide bonds. The molecule has 0 atom stereocenters. The number of amides is 1. The first-order valence-corrected chi connectivity index (χ1v) is 11.7. The fourth-order valence-corrected chi connectivity index (χ4v) is 3.74. The molecule has 0 fully saturated rings. The quantitative estimate of drug-likeness (QED) is 0.372. The Labute approximate surface area is 206 Å². The van der Waals surface area contributed by atoms with Crippen molar-refractivity contribution in [3.05, 3.63) is 89.5 Å². The monoisotopic (exact) mass is 470 g/mol. The van der Waals surface area contributed by atoms with Crippen molar-refractivity contribution in [2.45, 2.75) is 45.7 Å². The third-order valence-electron chi connectivity index (χ3n) is 5.68. The van der Waals surface area contributed by atoms with Gasteiger partial charge in [0.1, 0.15) is 12.2 Å². The number of benzene rings is 3. The lowest BCUT2D eigenvalue weighted by Crippen LogP contribution is -2.29. The second-order valence-corrected chi connectivity index (χ2v) is 8.41. The lowest BCUT2D eigenvalue weighted by Gasteiger charge is -2.22. The highest BCUT2D eigenvalue weighted by Crippen LogP contribution is 2.22. The maximum Gasteiger partial charge on any atom is 0.341 e. The molecule has 1 N–H and O–H groups in total. The Bertz CT molecular complexity index is 1150. The van der Waals surface area contributed by atoms with Gasteiger partial charge in [0.25, 0.3) is 0 Å². The van der Waals surface area contributed by atoms with E-state index >= 15 is 0 Å². The molecular weight excluding hydrogens is 440 g/mol. The molecular formula is C29H30N2O4. The summed E-state index contributed by atoms with van der Waals surface area (Å²) in [6, 6.07) is 25.6. The SMILES string of the molecule is CCCCc1ccc(-c2ccc(CN(Cc3ccc(OCC(=O)O)cc3)C(=O)CC#N)cc2)cc1. The number of carboxylic acid groups (broad SMARTS) is 1. The Morgan fingerprint density at radius 2 is 1.37 bits per heavy atom. The van der Waals surface area contributed by atoms with Gasteiger partial charge in [-0.1, -0.05) is 74.0 Å². The third-order valence-corrected chi connectivity index (χ3v) is 5.68. The van der Waals surface area contributed by atoms with Crippen molar-refractivity contribution in [3.63, 3.8) is 0 Å². The maximum atomic E-state index is 12.6. The zero-order chi connectivity index (χ0) is 25.0. The van der Waals surface area contributed by atoms with Crippen molar-refractivity contribution >= 4 is 11.9 Å². The van der Waals surface area contributed by atoms with Gasteiger partial charge in [-0.25, -0.2) is 4.79 Å². The normalized spacial score (nSPS) is 10.4. The topological polar surface area (TPSA) is 90.6 Å². The fraction of sp³-hybridized carbons (Fsp3) is 0.276. The van der Waals surface area contributed by atoms with Crippen LogP contribution in [-0.2, 0) is 29.1 Å². The Hall–Kier alpha value is -4.11. The molecule has 0 saturated heterocycles. The van der Waals surface area contributed by atoms with E-state index in [1.165, 1.54) is 18.4 Å². The number of aryl methyl sites for hydroxylation is 1. The molecule has 3 aromatic rings. The summed E-state index contributed by atoms with van der Waals surface area (Å²) in [4.78, 5) is 24.9. The number of nitriles is 1. The molecule has 35 heavy (non-hydrogen) atoms. The van der Waals surface area contributed by atoms with Crippen LogP contribution in [0, 0.1) is 11.3 Å². The average Bonchev–Trinajstić information content (AvgIpc) is 2.87. The predicted molar refractivity (Wildman–Crippen MR) is 135 cm³/mol. The molecule has 0 aromatic heterocycles. The summed E-state index contributed by atoms with van der Waals surface area (Å²) in [6.07, 6.45) is 3.28. The van der Waals surface area contributed by atoms with Gasteiger partial charge in [-0.15, -0.1) is 0 Å². The Kier molecular flexibility index (Phi) is 9.44. The number of hydrogen-bond donors (Lipinski definition) is 1. The molecule has 3 rings (SSSR count). The number of ether oxygens (including phenoxy) is 1. The van der Waals surface area contributed by atoms with Crippen LogP contribution in [0.4, 0.5) is 0 Å². The average molecular weight is 471 g/mol. The summed E-state index contributed by atoms with van der Waals surface area (Å²) in [7, 11) is 0. The number of unbranched alkanes of at least 4 members (excludes halogenated alkanes) is 1. The van der Waals surface area contributed by atoms with Crippen molar-refractivity contribution in [1.29, 1.82) is 5.26 Å². The van der Waals surface area contributed by atoms with Crippen molar-refractivity contribution < 1.29 is 19.4 Å². The van der Waals surface area contributed by atoms with E-state index in [-0.39, 0.29) is 12.3 Å². The highest BCUT2D eigenvalue weighted by Gasteiger charge is 2.15. The third kappa shape index (κ3) is 8.01. The number of rotatable bonds is 12. The molecule has 180 valence electrons. The molecule has 0 spiro atoms. The molecule has 0 aliphatic heterocycles. The first kappa shape index (κ1) is 25.5. The van der Waals surface area contributed by atoms with Gasteiger partial charge in [0, 0.05) is 13.1 Å². The van der Waals surface area contributed by atoms with Crippen LogP contribution in [0.15, 0.2) is 72.8 Å². The van der Waals surface area contributed by atoms with Crippen molar-refractivity contribution in [1.82, 2.24) is 4.90 Å². The minimum absolute atomic E-state index is 0.192. The second kappa shape index (κ2) is 13.0. The summed E-state index contributed by atoms with van der Waals surface area (Å²) < 4.78 is 5.16. The van der Waals surface area contributed by atoms with Gasteiger partial charge in [0.15, 0.2) is 6.61 Å². The van der Waals surface area contributed by atoms with Crippen LogP contribution in [0.2, 0.25) is 0 Å². The number of hydrogen-bond acceptors (Lipinski definition) is 4. The molecule has 0 bridgehead atoms. The van der Waals surface area contributed by atoms with Gasteiger partial charge in [-0.2, -0.15) is 5.26 Å². The second-order valence-electron chi connectivity index (χ2n) is 8.41. The van der Waals surface area contributed by atoms with Gasteiger partial charge in [-0.3, -0.25) is 4.79 Å². The summed E-state index contributed by atoms with van der Waals surface area (Å²) in [6.45, 7) is 2.50. The predicted octanol–water partition coefficient (Wildman–Crippen LogP) is 5.60. The van der Waals surface area contributed by atoms with Gasteiger partial charge >= 0.3 is 5.97 Å². The Morgan fingerprint density at radius 1 is 0.857 bits per heavy atom. The summed E-state index contributed by atoms with van der Waals surface area (Å²) >= 11 is 0. The van der Waals surface area contributed by atoms with Crippen LogP contribution in [0.25, 0.3) is 11.1 Å². The van der Waals surface area contributed by atoms with Gasteiger partial charge in [0.2, 0.25) is 5.91 Å². The van der Waals surface area contributed by atoms with Crippen molar-refractivity contribution in [3.8, 4) is 22.9 Å². The van der Waals surface area contributed by atoms with E-state index < -0.39 is 12.6 Å². The zero-order valence-corrected chi connectivity index (χ0v) is 19.9. The van der Waals surface area contributed by atoms with E-state index in [4.69, 9.17) is 15.1 Å². The van der Waals surface area contributed by atoms with E-state index in [0.29, 0.717) is 18.8 Å². The molecule has 0 unspecified atom stereocenters. The highest BCUT2D eigenvalue weighted by molar-refractivity contribution is 5.78. The van der Waals surface area contributed by atoms with E-state index in [9.17, 15) is 9.59 Å². The van der Waals surface area contributed by atoms with Crippen LogP contribution in [0.5, 0.6) is 5.75 Å². The van der Waals surface area contributed by atoms with Crippen LogP contribution < -0.4 is 4.74 Å². The van der Waals surface area contributed by atoms with E-state index in [0.717, 1.165) is 28.7 Å². The summed E-state index contributed by atoms with van der Waals surface area (Å²) in [5.41, 5.74) is 5.45. The smallest absolute Gasteiger partial charge is 0.341 e. The fourth-order valence-electron chi connectivity index (χ4n) is 3.74. The van der Waals surface area contributed by atoms with Crippen LogP contribution in [0.3, 0.4) is 0 Å². The Morgan fingerprint density at radius 3 is 1.86 bits per heavy atom. The van der Waals surface area contributed by atoms with Crippen LogP contribution in [0.1, 0.15) is 42.9 Å².